The highest BCUT2D eigenvalue weighted by molar-refractivity contribution is 7.99. The lowest BCUT2D eigenvalue weighted by molar-refractivity contribution is 0.448. The highest BCUT2D eigenvalue weighted by Gasteiger charge is 2.15. The number of nitrogens with zero attached hydrogens (tertiary/aromatic N) is 1. The van der Waals surface area contributed by atoms with E-state index in [2.05, 4.69) is 9.97 Å². The molecule has 0 atom stereocenters. The van der Waals surface area contributed by atoms with Crippen molar-refractivity contribution >= 4 is 11.8 Å². The summed E-state index contributed by atoms with van der Waals surface area (Å²) in [4.78, 5) is 17.5. The van der Waals surface area contributed by atoms with Gasteiger partial charge in [0.1, 0.15) is 5.82 Å². The average molecular weight is 226 g/mol. The molecule has 0 bridgehead atoms. The van der Waals surface area contributed by atoms with Gasteiger partial charge in [-0.3, -0.25) is 4.79 Å². The third-order valence-electron chi connectivity index (χ3n) is 2.54. The lowest BCUT2D eigenvalue weighted by Crippen LogP contribution is -2.09. The van der Waals surface area contributed by atoms with Crippen molar-refractivity contribution in [3.8, 4) is 5.88 Å². The maximum atomic E-state index is 11.0. The van der Waals surface area contributed by atoms with Crippen LogP contribution in [0.2, 0.25) is 0 Å². The Morgan fingerprint density at radius 2 is 2.27 bits per heavy atom. The minimum Gasteiger partial charge on any atom is -0.493 e. The van der Waals surface area contributed by atoms with Gasteiger partial charge in [-0.25, -0.2) is 0 Å². The lowest BCUT2D eigenvalue weighted by Gasteiger charge is -2.07. The van der Waals surface area contributed by atoms with Crippen molar-refractivity contribution in [1.29, 1.82) is 0 Å². The summed E-state index contributed by atoms with van der Waals surface area (Å²) in [7, 11) is 0. The molecule has 0 saturated heterocycles. The Labute approximate surface area is 92.1 Å². The van der Waals surface area contributed by atoms with E-state index in [9.17, 15) is 4.79 Å². The van der Waals surface area contributed by atoms with Crippen LogP contribution in [-0.4, -0.2) is 20.3 Å². The maximum Gasteiger partial charge on any atom is 0.254 e. The number of H-pyrrole nitrogens is 1. The van der Waals surface area contributed by atoms with Gasteiger partial charge in [0.2, 0.25) is 5.88 Å². The molecule has 0 spiro atoms. The zero-order valence-electron chi connectivity index (χ0n) is 8.40. The SMILES string of the molecule is O=c1cc(O)nc(CSC2CCCC2)[nH]1. The molecule has 1 aliphatic rings. The van der Waals surface area contributed by atoms with Gasteiger partial charge in [-0.2, -0.15) is 16.7 Å². The fourth-order valence-electron chi connectivity index (χ4n) is 1.81. The summed E-state index contributed by atoms with van der Waals surface area (Å²) in [5.41, 5.74) is -0.287. The van der Waals surface area contributed by atoms with Gasteiger partial charge >= 0.3 is 0 Å². The monoisotopic (exact) mass is 226 g/mol. The molecule has 15 heavy (non-hydrogen) atoms. The number of aromatic amines is 1. The molecule has 0 unspecified atom stereocenters. The van der Waals surface area contributed by atoms with E-state index in [0.717, 1.165) is 6.07 Å². The first kappa shape index (κ1) is 10.5. The summed E-state index contributed by atoms with van der Waals surface area (Å²) >= 11 is 1.81. The van der Waals surface area contributed by atoms with Gasteiger partial charge in [0.25, 0.3) is 5.56 Å². The van der Waals surface area contributed by atoms with E-state index in [0.29, 0.717) is 16.8 Å². The molecule has 5 heteroatoms. The molecule has 1 heterocycles. The van der Waals surface area contributed by atoms with Gasteiger partial charge in [0, 0.05) is 5.25 Å². The summed E-state index contributed by atoms with van der Waals surface area (Å²) in [6.07, 6.45) is 5.13. The standard InChI is InChI=1S/C10H14N2O2S/c13-9-5-10(14)12-8(11-9)6-15-7-3-1-2-4-7/h5,7H,1-4,6H2,(H2,11,12,13,14). The van der Waals surface area contributed by atoms with Gasteiger partial charge in [-0.1, -0.05) is 12.8 Å². The Hall–Kier alpha value is -0.970. The second-order valence-electron chi connectivity index (χ2n) is 3.77. The van der Waals surface area contributed by atoms with Crippen LogP contribution in [0.1, 0.15) is 31.5 Å². The molecule has 0 radical (unpaired) electrons. The molecule has 1 aromatic rings. The topological polar surface area (TPSA) is 66.0 Å². The molecule has 4 nitrogen and oxygen atoms in total. The minimum absolute atomic E-state index is 0.194. The van der Waals surface area contributed by atoms with Crippen LogP contribution in [-0.2, 0) is 5.75 Å². The zero-order chi connectivity index (χ0) is 10.7. The summed E-state index contributed by atoms with van der Waals surface area (Å²) in [6, 6.07) is 1.09. The molecule has 2 rings (SSSR count). The summed E-state index contributed by atoms with van der Waals surface area (Å²) in [5.74, 6) is 1.05. The van der Waals surface area contributed by atoms with Gasteiger partial charge in [0.15, 0.2) is 0 Å². The summed E-state index contributed by atoms with van der Waals surface area (Å²) in [5, 5.41) is 9.84. The molecule has 1 aliphatic carbocycles. The number of aromatic hydroxyl groups is 1. The fraction of sp³-hybridized carbons (Fsp3) is 0.600. The van der Waals surface area contributed by atoms with Crippen LogP contribution in [0.5, 0.6) is 5.88 Å². The zero-order valence-corrected chi connectivity index (χ0v) is 9.22. The Bertz CT molecular complexity index is 385. The van der Waals surface area contributed by atoms with Crippen molar-refractivity contribution in [2.75, 3.05) is 0 Å². The molecule has 1 saturated carbocycles. The Morgan fingerprint density at radius 3 is 2.93 bits per heavy atom. The average Bonchev–Trinajstić information content (AvgIpc) is 2.65. The minimum atomic E-state index is -0.287. The number of thioether (sulfide) groups is 1. The van der Waals surface area contributed by atoms with E-state index in [4.69, 9.17) is 5.11 Å². The quantitative estimate of drug-likeness (QED) is 0.822. The predicted molar refractivity (Wildman–Crippen MR) is 60.1 cm³/mol. The molecule has 2 N–H and O–H groups in total. The molecule has 1 aromatic heterocycles. The molecule has 1 fully saturated rings. The highest BCUT2D eigenvalue weighted by atomic mass is 32.2. The second kappa shape index (κ2) is 4.70. The van der Waals surface area contributed by atoms with Crippen LogP contribution in [0.15, 0.2) is 10.9 Å². The second-order valence-corrected chi connectivity index (χ2v) is 5.06. The van der Waals surface area contributed by atoms with E-state index >= 15 is 0 Å². The maximum absolute atomic E-state index is 11.0. The highest BCUT2D eigenvalue weighted by Crippen LogP contribution is 2.30. The molecular formula is C10H14N2O2S. The number of nitrogens with one attached hydrogen (secondary N) is 1. The van der Waals surface area contributed by atoms with Crippen LogP contribution in [0.3, 0.4) is 0 Å². The van der Waals surface area contributed by atoms with Crippen LogP contribution in [0.25, 0.3) is 0 Å². The van der Waals surface area contributed by atoms with Crippen molar-refractivity contribution in [3.63, 3.8) is 0 Å². The van der Waals surface area contributed by atoms with E-state index in [1.54, 1.807) is 0 Å². The van der Waals surface area contributed by atoms with Crippen LogP contribution >= 0.6 is 11.8 Å². The van der Waals surface area contributed by atoms with E-state index in [1.165, 1.54) is 25.7 Å². The van der Waals surface area contributed by atoms with Crippen LogP contribution in [0.4, 0.5) is 0 Å². The van der Waals surface area contributed by atoms with E-state index in [1.807, 2.05) is 11.8 Å². The van der Waals surface area contributed by atoms with Gasteiger partial charge < -0.3 is 10.1 Å². The van der Waals surface area contributed by atoms with Crippen molar-refractivity contribution in [1.82, 2.24) is 9.97 Å². The van der Waals surface area contributed by atoms with Crippen LogP contribution in [0, 0.1) is 0 Å². The predicted octanol–water partition coefficient (Wildman–Crippen LogP) is 1.65. The summed E-state index contributed by atoms with van der Waals surface area (Å²) < 4.78 is 0. The molecule has 82 valence electrons. The third-order valence-corrected chi connectivity index (χ3v) is 3.92. The van der Waals surface area contributed by atoms with Crippen LogP contribution < -0.4 is 5.56 Å². The van der Waals surface area contributed by atoms with E-state index in [-0.39, 0.29) is 11.4 Å². The first-order valence-electron chi connectivity index (χ1n) is 5.15. The number of aromatic nitrogens is 2. The molecule has 0 aromatic carbocycles. The summed E-state index contributed by atoms with van der Waals surface area (Å²) in [6.45, 7) is 0. The van der Waals surface area contributed by atoms with Gasteiger partial charge in [-0.05, 0) is 12.8 Å². The van der Waals surface area contributed by atoms with Gasteiger partial charge in [0.05, 0.1) is 11.8 Å². The normalized spacial score (nSPS) is 17.1. The lowest BCUT2D eigenvalue weighted by atomic mass is 10.4. The Balaban J connectivity index is 1.95. The smallest absolute Gasteiger partial charge is 0.254 e. The molecule has 0 amide bonds. The Morgan fingerprint density at radius 1 is 1.53 bits per heavy atom. The number of hydrogen-bond donors (Lipinski definition) is 2. The van der Waals surface area contributed by atoms with Crippen molar-refractivity contribution < 1.29 is 5.11 Å². The largest absolute Gasteiger partial charge is 0.493 e. The van der Waals surface area contributed by atoms with Crippen molar-refractivity contribution in [3.05, 3.63) is 22.2 Å². The van der Waals surface area contributed by atoms with Crippen molar-refractivity contribution in [2.24, 2.45) is 0 Å². The third kappa shape index (κ3) is 2.99. The number of rotatable bonds is 3. The first-order chi connectivity index (χ1) is 7.24. The van der Waals surface area contributed by atoms with E-state index < -0.39 is 0 Å². The fourth-order valence-corrected chi connectivity index (χ4v) is 3.01. The molecule has 0 aliphatic heterocycles. The molecular weight excluding hydrogens is 212 g/mol. The number of hydrogen-bond acceptors (Lipinski definition) is 4. The van der Waals surface area contributed by atoms with Gasteiger partial charge in [-0.15, -0.1) is 0 Å². The first-order valence-corrected chi connectivity index (χ1v) is 6.20. The Kier molecular flexibility index (Phi) is 3.30. The van der Waals surface area contributed by atoms with Crippen molar-refractivity contribution in [2.45, 2.75) is 36.7 Å².